The lowest BCUT2D eigenvalue weighted by Crippen LogP contribution is -2.39. The summed E-state index contributed by atoms with van der Waals surface area (Å²) in [5.74, 6) is 0.535. The van der Waals surface area contributed by atoms with Gasteiger partial charge >= 0.3 is 0 Å². The molecule has 2 unspecified atom stereocenters. The van der Waals surface area contributed by atoms with Crippen LogP contribution in [0.4, 0.5) is 0 Å². The molecule has 0 fully saturated rings. The fourth-order valence-corrected chi connectivity index (χ4v) is 1.43. The molecule has 13 heavy (non-hydrogen) atoms. The van der Waals surface area contributed by atoms with Crippen LogP contribution in [0.25, 0.3) is 0 Å². The van der Waals surface area contributed by atoms with Crippen molar-refractivity contribution in [1.29, 1.82) is 0 Å². The molecule has 0 saturated carbocycles. The van der Waals surface area contributed by atoms with E-state index in [0.717, 1.165) is 12.8 Å². The van der Waals surface area contributed by atoms with Crippen LogP contribution in [0.2, 0.25) is 0 Å². The third-order valence-electron chi connectivity index (χ3n) is 3.14. The monoisotopic (exact) mass is 188 g/mol. The second-order valence-corrected chi connectivity index (χ2v) is 4.14. The molecule has 2 heteroatoms. The van der Waals surface area contributed by atoms with Crippen LogP contribution in [0.15, 0.2) is 0 Å². The summed E-state index contributed by atoms with van der Waals surface area (Å²) >= 11 is 0. The number of hydrogen-bond acceptors (Lipinski definition) is 2. The van der Waals surface area contributed by atoms with Gasteiger partial charge in [0.15, 0.2) is 0 Å². The average molecular weight is 188 g/mol. The lowest BCUT2D eigenvalue weighted by molar-refractivity contribution is -0.0736. The number of hydrogen-bond donors (Lipinski definition) is 2. The summed E-state index contributed by atoms with van der Waals surface area (Å²) in [7, 11) is 0. The fourth-order valence-electron chi connectivity index (χ4n) is 1.43. The molecular formula is C11H24O2. The van der Waals surface area contributed by atoms with Crippen LogP contribution < -0.4 is 0 Å². The Bertz CT molecular complexity index is 128. The maximum absolute atomic E-state index is 9.78. The van der Waals surface area contributed by atoms with Gasteiger partial charge < -0.3 is 10.2 Å². The summed E-state index contributed by atoms with van der Waals surface area (Å²) in [5, 5.41) is 19.5. The van der Waals surface area contributed by atoms with Crippen molar-refractivity contribution in [2.75, 3.05) is 0 Å². The Labute approximate surface area is 82.0 Å². The minimum absolute atomic E-state index is 0.535. The first-order chi connectivity index (χ1) is 5.97. The van der Waals surface area contributed by atoms with Crippen molar-refractivity contribution in [1.82, 2.24) is 0 Å². The minimum Gasteiger partial charge on any atom is -0.390 e. The van der Waals surface area contributed by atoms with Crippen molar-refractivity contribution >= 4 is 0 Å². The molecule has 2 nitrogen and oxygen atoms in total. The summed E-state index contributed by atoms with van der Waals surface area (Å²) < 4.78 is 0. The van der Waals surface area contributed by atoms with Gasteiger partial charge in [-0.2, -0.15) is 0 Å². The van der Waals surface area contributed by atoms with Gasteiger partial charge in [0, 0.05) is 0 Å². The summed E-state index contributed by atoms with van der Waals surface area (Å²) in [6, 6.07) is 0. The molecule has 2 atom stereocenters. The average Bonchev–Trinajstić information content (AvgIpc) is 2.13. The first-order valence-electron chi connectivity index (χ1n) is 5.38. The lowest BCUT2D eigenvalue weighted by Gasteiger charge is -2.30. The van der Waals surface area contributed by atoms with Crippen LogP contribution in [-0.2, 0) is 0 Å². The Kier molecular flexibility index (Phi) is 5.57. The Balaban J connectivity index is 4.04. The first-order valence-corrected chi connectivity index (χ1v) is 5.38. The van der Waals surface area contributed by atoms with E-state index in [1.54, 1.807) is 6.92 Å². The Morgan fingerprint density at radius 1 is 1.15 bits per heavy atom. The van der Waals surface area contributed by atoms with E-state index in [0.29, 0.717) is 18.8 Å². The third kappa shape index (κ3) is 4.10. The number of rotatable bonds is 6. The van der Waals surface area contributed by atoms with Crippen molar-refractivity contribution in [2.45, 2.75) is 65.1 Å². The second kappa shape index (κ2) is 5.61. The summed E-state index contributed by atoms with van der Waals surface area (Å²) in [5.41, 5.74) is -0.914. The van der Waals surface area contributed by atoms with Crippen LogP contribution in [0, 0.1) is 5.92 Å². The highest BCUT2D eigenvalue weighted by atomic mass is 16.3. The topological polar surface area (TPSA) is 40.5 Å². The van der Waals surface area contributed by atoms with Gasteiger partial charge in [0.1, 0.15) is 0 Å². The molecule has 0 bridgehead atoms. The molecule has 0 heterocycles. The fraction of sp³-hybridized carbons (Fsp3) is 1.00. The van der Waals surface area contributed by atoms with E-state index in [9.17, 15) is 10.2 Å². The highest BCUT2D eigenvalue weighted by molar-refractivity contribution is 4.81. The molecular weight excluding hydrogens is 164 g/mol. The summed E-state index contributed by atoms with van der Waals surface area (Å²) in [6.45, 7) is 7.86. The minimum atomic E-state index is -0.914. The van der Waals surface area contributed by atoms with E-state index in [1.807, 2.05) is 6.92 Å². The maximum Gasteiger partial charge on any atom is 0.0875 e. The largest absolute Gasteiger partial charge is 0.390 e. The Hall–Kier alpha value is -0.0800. The van der Waals surface area contributed by atoms with Crippen molar-refractivity contribution in [3.8, 4) is 0 Å². The predicted octanol–water partition coefficient (Wildman–Crippen LogP) is 2.33. The smallest absolute Gasteiger partial charge is 0.0875 e. The molecule has 0 radical (unpaired) electrons. The van der Waals surface area contributed by atoms with Crippen LogP contribution in [0.5, 0.6) is 0 Å². The number of aliphatic hydroxyl groups is 2. The molecule has 0 aliphatic carbocycles. The van der Waals surface area contributed by atoms with Crippen LogP contribution in [0.1, 0.15) is 53.4 Å². The lowest BCUT2D eigenvalue weighted by atomic mass is 9.86. The van der Waals surface area contributed by atoms with Gasteiger partial charge in [-0.25, -0.2) is 0 Å². The van der Waals surface area contributed by atoms with Crippen LogP contribution in [-0.4, -0.2) is 21.9 Å². The molecule has 0 aliphatic rings. The SMILES string of the molecule is CCC(CC)CC(O)C(C)(O)CC. The zero-order valence-corrected chi connectivity index (χ0v) is 9.38. The molecule has 0 saturated heterocycles. The quantitative estimate of drug-likeness (QED) is 0.671. The Morgan fingerprint density at radius 2 is 1.62 bits per heavy atom. The van der Waals surface area contributed by atoms with Gasteiger partial charge in [-0.15, -0.1) is 0 Å². The molecule has 0 aromatic rings. The molecule has 0 amide bonds. The summed E-state index contributed by atoms with van der Waals surface area (Å²) in [4.78, 5) is 0. The van der Waals surface area contributed by atoms with Crippen molar-refractivity contribution < 1.29 is 10.2 Å². The van der Waals surface area contributed by atoms with E-state index in [1.165, 1.54) is 0 Å². The Morgan fingerprint density at radius 3 is 1.92 bits per heavy atom. The highest BCUT2D eigenvalue weighted by Gasteiger charge is 2.29. The van der Waals surface area contributed by atoms with Crippen molar-refractivity contribution in [2.24, 2.45) is 5.92 Å². The van der Waals surface area contributed by atoms with E-state index in [4.69, 9.17) is 0 Å². The van der Waals surface area contributed by atoms with Crippen molar-refractivity contribution in [3.63, 3.8) is 0 Å². The summed E-state index contributed by atoms with van der Waals surface area (Å²) in [6.07, 6.45) is 2.89. The molecule has 0 aromatic heterocycles. The predicted molar refractivity (Wildman–Crippen MR) is 55.6 cm³/mol. The molecule has 2 N–H and O–H groups in total. The second-order valence-electron chi connectivity index (χ2n) is 4.14. The van der Waals surface area contributed by atoms with E-state index >= 15 is 0 Å². The third-order valence-corrected chi connectivity index (χ3v) is 3.14. The molecule has 0 rings (SSSR count). The van der Waals surface area contributed by atoms with Crippen molar-refractivity contribution in [3.05, 3.63) is 0 Å². The zero-order valence-electron chi connectivity index (χ0n) is 9.38. The van der Waals surface area contributed by atoms with E-state index in [2.05, 4.69) is 13.8 Å². The molecule has 80 valence electrons. The van der Waals surface area contributed by atoms with Crippen LogP contribution in [0.3, 0.4) is 0 Å². The van der Waals surface area contributed by atoms with Gasteiger partial charge in [-0.05, 0) is 25.7 Å². The van der Waals surface area contributed by atoms with E-state index in [-0.39, 0.29) is 0 Å². The molecule has 0 spiro atoms. The van der Waals surface area contributed by atoms with Gasteiger partial charge in [0.25, 0.3) is 0 Å². The first kappa shape index (κ1) is 12.9. The van der Waals surface area contributed by atoms with Gasteiger partial charge in [0.05, 0.1) is 11.7 Å². The van der Waals surface area contributed by atoms with Gasteiger partial charge in [0.2, 0.25) is 0 Å². The van der Waals surface area contributed by atoms with Gasteiger partial charge in [-0.1, -0.05) is 33.6 Å². The zero-order chi connectivity index (χ0) is 10.5. The van der Waals surface area contributed by atoms with Gasteiger partial charge in [-0.3, -0.25) is 0 Å². The van der Waals surface area contributed by atoms with E-state index < -0.39 is 11.7 Å². The standard InChI is InChI=1S/C11H24O2/c1-5-9(6-2)8-10(12)11(4,13)7-3/h9-10,12-13H,5-8H2,1-4H3. The normalized spacial score (nSPS) is 18.7. The molecule has 0 aromatic carbocycles. The maximum atomic E-state index is 9.78. The highest BCUT2D eigenvalue weighted by Crippen LogP contribution is 2.23. The molecule has 0 aliphatic heterocycles. The number of aliphatic hydroxyl groups excluding tert-OH is 1. The van der Waals surface area contributed by atoms with Crippen LogP contribution >= 0.6 is 0 Å².